The number of pyridine rings is 1. The van der Waals surface area contributed by atoms with Crippen LogP contribution in [0.25, 0.3) is 5.65 Å². The standard InChI is InChI=1S/C17H15BrClN3O/c1-11(14-4-2-3-5-15(14)18)20-9-13-8-17(23)22-10-12(19)6-7-16(22)21-13/h2-8,10-11,20H,9H2,1H3/t11-/m0/s1. The van der Waals surface area contributed by atoms with Crippen LogP contribution in [0.4, 0.5) is 0 Å². The highest BCUT2D eigenvalue weighted by molar-refractivity contribution is 9.10. The first kappa shape index (κ1) is 16.2. The number of benzene rings is 1. The van der Waals surface area contributed by atoms with Gasteiger partial charge in [-0.15, -0.1) is 0 Å². The van der Waals surface area contributed by atoms with Crippen LogP contribution in [0.1, 0.15) is 24.2 Å². The molecule has 1 N–H and O–H groups in total. The molecule has 2 aromatic heterocycles. The molecule has 3 rings (SSSR count). The number of aromatic nitrogens is 2. The van der Waals surface area contributed by atoms with Gasteiger partial charge in [0, 0.05) is 29.3 Å². The molecule has 0 radical (unpaired) electrons. The Hall–Kier alpha value is -1.69. The molecule has 0 aliphatic carbocycles. The fraction of sp³-hybridized carbons (Fsp3) is 0.176. The fourth-order valence-electron chi connectivity index (χ4n) is 2.41. The van der Waals surface area contributed by atoms with Crippen molar-refractivity contribution >= 4 is 33.2 Å². The minimum absolute atomic E-state index is 0.135. The lowest BCUT2D eigenvalue weighted by molar-refractivity contribution is 0.565. The monoisotopic (exact) mass is 391 g/mol. The average Bonchev–Trinajstić information content (AvgIpc) is 2.54. The lowest BCUT2D eigenvalue weighted by Gasteiger charge is -2.15. The highest BCUT2D eigenvalue weighted by Crippen LogP contribution is 2.22. The van der Waals surface area contributed by atoms with Gasteiger partial charge in [0.25, 0.3) is 5.56 Å². The highest BCUT2D eigenvalue weighted by atomic mass is 79.9. The van der Waals surface area contributed by atoms with Crippen LogP contribution in [0.5, 0.6) is 0 Å². The van der Waals surface area contributed by atoms with Gasteiger partial charge in [0.05, 0.1) is 10.7 Å². The average molecular weight is 393 g/mol. The molecule has 1 atom stereocenters. The summed E-state index contributed by atoms with van der Waals surface area (Å²) >= 11 is 9.46. The number of halogens is 2. The summed E-state index contributed by atoms with van der Waals surface area (Å²) in [5.41, 5.74) is 2.32. The fourth-order valence-corrected chi connectivity index (χ4v) is 3.20. The number of fused-ring (bicyclic) bond motifs is 1. The molecule has 0 aliphatic heterocycles. The molecule has 0 spiro atoms. The Bertz CT molecular complexity index is 910. The van der Waals surface area contributed by atoms with Crippen molar-refractivity contribution < 1.29 is 0 Å². The van der Waals surface area contributed by atoms with Crippen molar-refractivity contribution in [2.75, 3.05) is 0 Å². The zero-order valence-electron chi connectivity index (χ0n) is 12.5. The van der Waals surface area contributed by atoms with Gasteiger partial charge in [-0.1, -0.05) is 45.7 Å². The second-order valence-corrected chi connectivity index (χ2v) is 6.58. The van der Waals surface area contributed by atoms with Crippen LogP contribution < -0.4 is 10.9 Å². The van der Waals surface area contributed by atoms with Gasteiger partial charge in [0.2, 0.25) is 0 Å². The predicted molar refractivity (Wildman–Crippen MR) is 95.9 cm³/mol. The molecule has 0 saturated heterocycles. The van der Waals surface area contributed by atoms with Crippen LogP contribution >= 0.6 is 27.5 Å². The minimum atomic E-state index is -0.136. The molecular weight excluding hydrogens is 378 g/mol. The van der Waals surface area contributed by atoms with E-state index in [4.69, 9.17) is 11.6 Å². The van der Waals surface area contributed by atoms with E-state index < -0.39 is 0 Å². The van der Waals surface area contributed by atoms with Crippen molar-refractivity contribution in [2.45, 2.75) is 19.5 Å². The maximum atomic E-state index is 12.1. The van der Waals surface area contributed by atoms with Crippen LogP contribution in [0.3, 0.4) is 0 Å². The van der Waals surface area contributed by atoms with Crippen molar-refractivity contribution in [1.29, 1.82) is 0 Å². The van der Waals surface area contributed by atoms with E-state index in [0.29, 0.717) is 22.9 Å². The molecule has 4 nitrogen and oxygen atoms in total. The number of hydrogen-bond acceptors (Lipinski definition) is 3. The quantitative estimate of drug-likeness (QED) is 0.731. The summed E-state index contributed by atoms with van der Waals surface area (Å²) in [5.74, 6) is 0. The first-order valence-electron chi connectivity index (χ1n) is 7.20. The van der Waals surface area contributed by atoms with Crippen molar-refractivity contribution in [1.82, 2.24) is 14.7 Å². The van der Waals surface area contributed by atoms with Crippen LogP contribution in [0, 0.1) is 0 Å². The van der Waals surface area contributed by atoms with E-state index >= 15 is 0 Å². The molecule has 0 saturated carbocycles. The summed E-state index contributed by atoms with van der Waals surface area (Å²) in [7, 11) is 0. The number of nitrogens with one attached hydrogen (secondary N) is 1. The van der Waals surface area contributed by atoms with E-state index in [1.54, 1.807) is 18.3 Å². The Labute approximate surface area is 147 Å². The van der Waals surface area contributed by atoms with Gasteiger partial charge in [0.15, 0.2) is 0 Å². The molecule has 6 heteroatoms. The lowest BCUT2D eigenvalue weighted by atomic mass is 10.1. The Morgan fingerprint density at radius 1 is 1.30 bits per heavy atom. The lowest BCUT2D eigenvalue weighted by Crippen LogP contribution is -2.22. The van der Waals surface area contributed by atoms with Crippen LogP contribution in [-0.2, 0) is 6.54 Å². The third-order valence-corrected chi connectivity index (χ3v) is 4.58. The third-order valence-electron chi connectivity index (χ3n) is 3.64. The molecule has 0 fully saturated rings. The van der Waals surface area contributed by atoms with Gasteiger partial charge in [-0.2, -0.15) is 0 Å². The van der Waals surface area contributed by atoms with Gasteiger partial charge in [-0.25, -0.2) is 4.98 Å². The van der Waals surface area contributed by atoms with E-state index in [1.807, 2.05) is 18.2 Å². The number of hydrogen-bond donors (Lipinski definition) is 1. The van der Waals surface area contributed by atoms with Crippen LogP contribution in [0.2, 0.25) is 5.02 Å². The van der Waals surface area contributed by atoms with Gasteiger partial charge < -0.3 is 5.32 Å². The summed E-state index contributed by atoms with van der Waals surface area (Å²) in [6, 6.07) is 13.2. The molecular formula is C17H15BrClN3O. The van der Waals surface area contributed by atoms with Gasteiger partial charge in [0.1, 0.15) is 5.65 Å². The van der Waals surface area contributed by atoms with E-state index in [-0.39, 0.29) is 11.6 Å². The second-order valence-electron chi connectivity index (χ2n) is 5.29. The number of nitrogens with zero attached hydrogens (tertiary/aromatic N) is 2. The molecule has 0 bridgehead atoms. The minimum Gasteiger partial charge on any atom is -0.305 e. The van der Waals surface area contributed by atoms with Crippen LogP contribution in [-0.4, -0.2) is 9.38 Å². The Morgan fingerprint density at radius 3 is 2.87 bits per heavy atom. The zero-order chi connectivity index (χ0) is 16.4. The smallest absolute Gasteiger partial charge is 0.258 e. The van der Waals surface area contributed by atoms with E-state index in [2.05, 4.69) is 39.2 Å². The van der Waals surface area contributed by atoms with E-state index in [0.717, 1.165) is 10.0 Å². The van der Waals surface area contributed by atoms with E-state index in [9.17, 15) is 4.79 Å². The normalized spacial score (nSPS) is 12.5. The third kappa shape index (κ3) is 3.63. The van der Waals surface area contributed by atoms with Gasteiger partial charge in [-0.3, -0.25) is 9.20 Å². The molecule has 0 aliphatic rings. The molecule has 0 amide bonds. The molecule has 23 heavy (non-hydrogen) atoms. The summed E-state index contributed by atoms with van der Waals surface area (Å²) in [6.07, 6.45) is 1.58. The Morgan fingerprint density at radius 2 is 2.09 bits per heavy atom. The largest absolute Gasteiger partial charge is 0.305 e. The van der Waals surface area contributed by atoms with Crippen LogP contribution in [0.15, 0.2) is 57.9 Å². The highest BCUT2D eigenvalue weighted by Gasteiger charge is 2.09. The van der Waals surface area contributed by atoms with Crippen molar-refractivity contribution in [2.24, 2.45) is 0 Å². The van der Waals surface area contributed by atoms with Crippen molar-refractivity contribution in [3.05, 3.63) is 79.8 Å². The van der Waals surface area contributed by atoms with Gasteiger partial charge >= 0.3 is 0 Å². The predicted octanol–water partition coefficient (Wildman–Crippen LogP) is 3.96. The van der Waals surface area contributed by atoms with Crippen molar-refractivity contribution in [3.8, 4) is 0 Å². The summed E-state index contributed by atoms with van der Waals surface area (Å²) in [4.78, 5) is 16.6. The molecule has 118 valence electrons. The molecule has 0 unspecified atom stereocenters. The van der Waals surface area contributed by atoms with Gasteiger partial charge in [-0.05, 0) is 30.7 Å². The maximum absolute atomic E-state index is 12.1. The Kier molecular flexibility index (Phi) is 4.80. The maximum Gasteiger partial charge on any atom is 0.258 e. The summed E-state index contributed by atoms with van der Waals surface area (Å²) < 4.78 is 2.50. The molecule has 2 heterocycles. The van der Waals surface area contributed by atoms with Crippen molar-refractivity contribution in [3.63, 3.8) is 0 Å². The molecule has 1 aromatic carbocycles. The van der Waals surface area contributed by atoms with E-state index in [1.165, 1.54) is 10.5 Å². The topological polar surface area (TPSA) is 46.4 Å². The number of rotatable bonds is 4. The molecule has 3 aromatic rings. The zero-order valence-corrected chi connectivity index (χ0v) is 14.8. The first-order chi connectivity index (χ1) is 11.0. The summed E-state index contributed by atoms with van der Waals surface area (Å²) in [5, 5.41) is 3.90. The Balaban J connectivity index is 1.81. The SMILES string of the molecule is C[C@H](NCc1cc(=O)n2cc(Cl)ccc2n1)c1ccccc1Br. The second kappa shape index (κ2) is 6.83. The first-order valence-corrected chi connectivity index (χ1v) is 8.37. The summed E-state index contributed by atoms with van der Waals surface area (Å²) in [6.45, 7) is 2.59.